The second kappa shape index (κ2) is 7.77. The Bertz CT molecular complexity index is 553. The zero-order chi connectivity index (χ0) is 16.9. The lowest BCUT2D eigenvalue weighted by Crippen LogP contribution is -2.27. The van der Waals surface area contributed by atoms with Gasteiger partial charge in [0.1, 0.15) is 11.5 Å². The topological polar surface area (TPSA) is 102 Å². The van der Waals surface area contributed by atoms with Crippen molar-refractivity contribution in [2.24, 2.45) is 0 Å². The first-order chi connectivity index (χ1) is 10.4. The van der Waals surface area contributed by atoms with Gasteiger partial charge in [0.05, 0.1) is 24.3 Å². The number of aromatic hydroxyl groups is 2. The van der Waals surface area contributed by atoms with E-state index < -0.39 is 18.2 Å². The van der Waals surface area contributed by atoms with Crippen LogP contribution in [0.5, 0.6) is 11.5 Å². The van der Waals surface area contributed by atoms with Gasteiger partial charge >= 0.3 is 5.97 Å². The van der Waals surface area contributed by atoms with Gasteiger partial charge in [0.2, 0.25) is 0 Å². The van der Waals surface area contributed by atoms with E-state index in [1.807, 2.05) is 0 Å². The molecule has 0 radical (unpaired) electrons. The third-order valence-corrected chi connectivity index (χ3v) is 3.36. The number of carbonyl (C=O) groups excluding carboxylic acids is 2. The summed E-state index contributed by atoms with van der Waals surface area (Å²) in [5.74, 6) is -1.58. The van der Waals surface area contributed by atoms with Gasteiger partial charge in [-0.25, -0.2) is 4.79 Å². The van der Waals surface area contributed by atoms with Crippen LogP contribution in [0.2, 0.25) is 0 Å². The lowest BCUT2D eigenvalue weighted by atomic mass is 9.97. The number of ketones is 1. The number of ether oxygens (including phenoxy) is 3. The van der Waals surface area contributed by atoms with Crippen molar-refractivity contribution in [3.63, 3.8) is 0 Å². The van der Waals surface area contributed by atoms with Crippen molar-refractivity contribution < 1.29 is 34.0 Å². The van der Waals surface area contributed by atoms with Crippen molar-refractivity contribution in [1.82, 2.24) is 0 Å². The van der Waals surface area contributed by atoms with Gasteiger partial charge in [-0.2, -0.15) is 0 Å². The van der Waals surface area contributed by atoms with E-state index in [0.717, 1.165) is 0 Å². The molecule has 0 heterocycles. The molecule has 2 N–H and O–H groups in total. The van der Waals surface area contributed by atoms with Crippen LogP contribution < -0.4 is 0 Å². The first-order valence-corrected chi connectivity index (χ1v) is 6.56. The fourth-order valence-corrected chi connectivity index (χ4v) is 2.15. The van der Waals surface area contributed by atoms with Gasteiger partial charge in [0.15, 0.2) is 11.9 Å². The molecule has 1 aromatic rings. The molecule has 0 aliphatic rings. The molecule has 2 unspecified atom stereocenters. The summed E-state index contributed by atoms with van der Waals surface area (Å²) >= 11 is 0. The summed E-state index contributed by atoms with van der Waals surface area (Å²) in [5.41, 5.74) is 0.0861. The standard InChI is InChI=1S/C15H20O7/c1-8(16)9-5-6-10(17)13(14(9)18)11(20-2)7-12(21-3)15(19)22-4/h5-6,11-12,17-18H,7H2,1-4H3. The fraction of sp³-hybridized carbons (Fsp3) is 0.467. The Morgan fingerprint density at radius 3 is 2.23 bits per heavy atom. The number of phenolic OH excluding ortho intramolecular Hbond substituents is 2. The highest BCUT2D eigenvalue weighted by Crippen LogP contribution is 2.39. The summed E-state index contributed by atoms with van der Waals surface area (Å²) < 4.78 is 14.9. The molecule has 0 spiro atoms. The minimum atomic E-state index is -0.935. The predicted molar refractivity (Wildman–Crippen MR) is 77.0 cm³/mol. The summed E-state index contributed by atoms with van der Waals surface area (Å²) in [6.45, 7) is 1.30. The number of methoxy groups -OCH3 is 3. The van der Waals surface area contributed by atoms with Crippen LogP contribution >= 0.6 is 0 Å². The summed E-state index contributed by atoms with van der Waals surface area (Å²) in [6.07, 6.45) is -1.79. The van der Waals surface area contributed by atoms with E-state index in [1.165, 1.54) is 40.4 Å². The molecule has 1 rings (SSSR count). The molecule has 22 heavy (non-hydrogen) atoms. The van der Waals surface area contributed by atoms with Crippen LogP contribution in [-0.2, 0) is 19.0 Å². The van der Waals surface area contributed by atoms with Crippen LogP contribution in [0.3, 0.4) is 0 Å². The zero-order valence-electron chi connectivity index (χ0n) is 13.0. The molecule has 0 aliphatic carbocycles. The molecule has 0 saturated carbocycles. The molecule has 0 amide bonds. The average Bonchev–Trinajstić information content (AvgIpc) is 2.49. The monoisotopic (exact) mass is 312 g/mol. The van der Waals surface area contributed by atoms with Gasteiger partial charge in [-0.15, -0.1) is 0 Å². The SMILES string of the molecule is COC(=O)C(CC(OC)c1c(O)ccc(C(C)=O)c1O)OC. The molecular weight excluding hydrogens is 292 g/mol. The van der Waals surface area contributed by atoms with Crippen molar-refractivity contribution in [1.29, 1.82) is 0 Å². The summed E-state index contributed by atoms with van der Waals surface area (Å²) in [6, 6.07) is 2.61. The van der Waals surface area contributed by atoms with Gasteiger partial charge in [-0.1, -0.05) is 0 Å². The normalized spacial score (nSPS) is 13.5. The van der Waals surface area contributed by atoms with Gasteiger partial charge in [0.25, 0.3) is 0 Å². The third-order valence-electron chi connectivity index (χ3n) is 3.36. The molecule has 0 aliphatic heterocycles. The maximum absolute atomic E-state index is 11.6. The molecule has 122 valence electrons. The van der Waals surface area contributed by atoms with Gasteiger partial charge < -0.3 is 24.4 Å². The van der Waals surface area contributed by atoms with E-state index in [1.54, 1.807) is 0 Å². The minimum absolute atomic E-state index is 0.00213. The van der Waals surface area contributed by atoms with E-state index in [-0.39, 0.29) is 34.8 Å². The van der Waals surface area contributed by atoms with Gasteiger partial charge in [-0.3, -0.25) is 4.79 Å². The number of benzene rings is 1. The Balaban J connectivity index is 3.22. The quantitative estimate of drug-likeness (QED) is 0.582. The Labute approximate surface area is 128 Å². The van der Waals surface area contributed by atoms with E-state index >= 15 is 0 Å². The predicted octanol–water partition coefficient (Wildman–Crippen LogP) is 1.57. The molecule has 0 fully saturated rings. The number of Topliss-reactive ketones (excluding diaryl/α,β-unsaturated/α-hetero) is 1. The van der Waals surface area contributed by atoms with Crippen molar-refractivity contribution >= 4 is 11.8 Å². The van der Waals surface area contributed by atoms with Crippen LogP contribution in [0.1, 0.15) is 35.4 Å². The van der Waals surface area contributed by atoms with Gasteiger partial charge in [0, 0.05) is 20.6 Å². The molecule has 0 saturated heterocycles. The molecule has 0 aromatic heterocycles. The summed E-state index contributed by atoms with van der Waals surface area (Å²) in [5, 5.41) is 20.2. The van der Waals surface area contributed by atoms with Crippen LogP contribution in [0.25, 0.3) is 0 Å². The lowest BCUT2D eigenvalue weighted by molar-refractivity contribution is -0.154. The second-order valence-electron chi connectivity index (χ2n) is 4.66. The van der Waals surface area contributed by atoms with Crippen LogP contribution in [-0.4, -0.2) is 49.4 Å². The average molecular weight is 312 g/mol. The Kier molecular flexibility index (Phi) is 6.33. The second-order valence-corrected chi connectivity index (χ2v) is 4.66. The Morgan fingerprint density at radius 1 is 1.14 bits per heavy atom. The maximum Gasteiger partial charge on any atom is 0.335 e. The number of hydrogen-bond acceptors (Lipinski definition) is 7. The first kappa shape index (κ1) is 17.9. The lowest BCUT2D eigenvalue weighted by Gasteiger charge is -2.22. The van der Waals surface area contributed by atoms with Gasteiger partial charge in [-0.05, 0) is 19.1 Å². The zero-order valence-corrected chi connectivity index (χ0v) is 13.0. The highest BCUT2D eigenvalue weighted by Gasteiger charge is 2.29. The van der Waals surface area contributed by atoms with Crippen molar-refractivity contribution in [3.8, 4) is 11.5 Å². The molecule has 1 aromatic carbocycles. The number of carbonyl (C=O) groups is 2. The Hall–Kier alpha value is -2.12. The van der Waals surface area contributed by atoms with Crippen molar-refractivity contribution in [2.45, 2.75) is 25.6 Å². The minimum Gasteiger partial charge on any atom is -0.507 e. The maximum atomic E-state index is 11.6. The van der Waals surface area contributed by atoms with Crippen molar-refractivity contribution in [2.75, 3.05) is 21.3 Å². The third kappa shape index (κ3) is 3.75. The van der Waals surface area contributed by atoms with Crippen LogP contribution in [0.15, 0.2) is 12.1 Å². The number of hydrogen-bond donors (Lipinski definition) is 2. The van der Waals surface area contributed by atoms with E-state index in [9.17, 15) is 19.8 Å². The largest absolute Gasteiger partial charge is 0.507 e. The smallest absolute Gasteiger partial charge is 0.335 e. The highest BCUT2D eigenvalue weighted by molar-refractivity contribution is 5.97. The van der Waals surface area contributed by atoms with E-state index in [4.69, 9.17) is 9.47 Å². The number of phenols is 2. The molecule has 0 bridgehead atoms. The fourth-order valence-electron chi connectivity index (χ4n) is 2.15. The molecule has 2 atom stereocenters. The van der Waals surface area contributed by atoms with Crippen molar-refractivity contribution in [3.05, 3.63) is 23.3 Å². The first-order valence-electron chi connectivity index (χ1n) is 6.56. The van der Waals surface area contributed by atoms with E-state index in [2.05, 4.69) is 4.74 Å². The molecule has 7 heteroatoms. The Morgan fingerprint density at radius 2 is 1.77 bits per heavy atom. The van der Waals surface area contributed by atoms with E-state index in [0.29, 0.717) is 0 Å². The summed E-state index contributed by atoms with van der Waals surface area (Å²) in [4.78, 5) is 23.1. The van der Waals surface area contributed by atoms with Crippen LogP contribution in [0.4, 0.5) is 0 Å². The number of rotatable bonds is 7. The highest BCUT2D eigenvalue weighted by atomic mass is 16.6. The molecular formula is C15H20O7. The number of esters is 1. The summed E-state index contributed by atoms with van der Waals surface area (Å²) in [7, 11) is 3.91. The van der Waals surface area contributed by atoms with Crippen LogP contribution in [0, 0.1) is 0 Å². The molecule has 7 nitrogen and oxygen atoms in total.